The summed E-state index contributed by atoms with van der Waals surface area (Å²) in [4.78, 5) is 4.15. The molecule has 0 saturated carbocycles. The van der Waals surface area contributed by atoms with E-state index in [1.807, 2.05) is 19.1 Å². The Bertz CT molecular complexity index is 308. The number of nitrogens with one attached hydrogen (secondary N) is 1. The Morgan fingerprint density at radius 2 is 2.18 bits per heavy atom. The summed E-state index contributed by atoms with van der Waals surface area (Å²) < 4.78 is 15.6. The van der Waals surface area contributed by atoms with Crippen molar-refractivity contribution in [3.05, 3.63) is 18.3 Å². The first kappa shape index (κ1) is 13.7. The Morgan fingerprint density at radius 1 is 1.29 bits per heavy atom. The molecule has 1 aromatic rings. The van der Waals surface area contributed by atoms with Gasteiger partial charge >= 0.3 is 0 Å². The van der Waals surface area contributed by atoms with E-state index in [1.165, 1.54) is 0 Å². The van der Waals surface area contributed by atoms with Crippen molar-refractivity contribution < 1.29 is 14.2 Å². The summed E-state index contributed by atoms with van der Waals surface area (Å²) in [5.74, 6) is 0.631. The Balaban J connectivity index is 2.25. The first-order chi connectivity index (χ1) is 8.38. The van der Waals surface area contributed by atoms with Gasteiger partial charge in [-0.2, -0.15) is 0 Å². The zero-order valence-corrected chi connectivity index (χ0v) is 10.4. The van der Waals surface area contributed by atoms with Crippen LogP contribution < -0.4 is 10.1 Å². The third-order valence-electron chi connectivity index (χ3n) is 2.05. The van der Waals surface area contributed by atoms with Crippen LogP contribution in [0.25, 0.3) is 0 Å². The normalized spacial score (nSPS) is 10.2. The second-order valence-corrected chi connectivity index (χ2v) is 3.32. The fourth-order valence-electron chi connectivity index (χ4n) is 1.28. The molecule has 0 aromatic carbocycles. The first-order valence-electron chi connectivity index (χ1n) is 5.76. The number of ether oxygens (including phenoxy) is 3. The number of anilines is 1. The van der Waals surface area contributed by atoms with Crippen LogP contribution in [0.5, 0.6) is 5.88 Å². The predicted octanol–water partition coefficient (Wildman–Crippen LogP) is 1.56. The second kappa shape index (κ2) is 8.78. The van der Waals surface area contributed by atoms with Crippen LogP contribution in [0.2, 0.25) is 0 Å². The maximum atomic E-state index is 5.40. The smallest absolute Gasteiger partial charge is 0.237 e. The van der Waals surface area contributed by atoms with Crippen LogP contribution in [-0.4, -0.2) is 45.1 Å². The van der Waals surface area contributed by atoms with Crippen molar-refractivity contribution in [1.82, 2.24) is 4.98 Å². The minimum atomic E-state index is 0.607. The van der Waals surface area contributed by atoms with E-state index in [0.29, 0.717) is 32.3 Å². The molecule has 0 aliphatic heterocycles. The van der Waals surface area contributed by atoms with E-state index in [-0.39, 0.29) is 0 Å². The van der Waals surface area contributed by atoms with Crippen LogP contribution in [0.1, 0.15) is 6.92 Å². The van der Waals surface area contributed by atoms with Gasteiger partial charge in [-0.3, -0.25) is 0 Å². The van der Waals surface area contributed by atoms with Crippen LogP contribution in [0.3, 0.4) is 0 Å². The summed E-state index contributed by atoms with van der Waals surface area (Å²) in [6.45, 7) is 5.13. The molecule has 1 rings (SSSR count). The molecule has 96 valence electrons. The standard InChI is InChI=1S/C12H20N2O3/c1-3-17-12-11(5-4-6-14-12)13-7-8-16-10-9-15-2/h4-6,13H,3,7-10H2,1-2H3. The third-order valence-corrected chi connectivity index (χ3v) is 2.05. The Labute approximate surface area is 102 Å². The number of hydrogen-bond donors (Lipinski definition) is 1. The van der Waals surface area contributed by atoms with E-state index < -0.39 is 0 Å². The number of pyridine rings is 1. The van der Waals surface area contributed by atoms with Gasteiger partial charge in [0.15, 0.2) is 0 Å². The maximum Gasteiger partial charge on any atom is 0.237 e. The molecule has 0 aliphatic rings. The van der Waals surface area contributed by atoms with E-state index in [9.17, 15) is 0 Å². The fraction of sp³-hybridized carbons (Fsp3) is 0.583. The summed E-state index contributed by atoms with van der Waals surface area (Å²) >= 11 is 0. The molecular weight excluding hydrogens is 220 g/mol. The topological polar surface area (TPSA) is 52.6 Å². The van der Waals surface area contributed by atoms with Crippen LogP contribution in [-0.2, 0) is 9.47 Å². The molecule has 0 atom stereocenters. The van der Waals surface area contributed by atoms with Gasteiger partial charge < -0.3 is 19.5 Å². The Hall–Kier alpha value is -1.33. The molecule has 0 fully saturated rings. The average molecular weight is 240 g/mol. The van der Waals surface area contributed by atoms with Crippen molar-refractivity contribution in [3.63, 3.8) is 0 Å². The number of nitrogens with zero attached hydrogens (tertiary/aromatic N) is 1. The van der Waals surface area contributed by atoms with E-state index >= 15 is 0 Å². The summed E-state index contributed by atoms with van der Waals surface area (Å²) in [5, 5.41) is 3.22. The van der Waals surface area contributed by atoms with E-state index in [1.54, 1.807) is 13.3 Å². The molecule has 0 saturated heterocycles. The zero-order valence-electron chi connectivity index (χ0n) is 10.4. The van der Waals surface area contributed by atoms with Gasteiger partial charge in [-0.25, -0.2) is 4.98 Å². The van der Waals surface area contributed by atoms with Gasteiger partial charge in [-0.1, -0.05) is 0 Å². The second-order valence-electron chi connectivity index (χ2n) is 3.32. The van der Waals surface area contributed by atoms with Gasteiger partial charge in [0.05, 0.1) is 32.1 Å². The Kier molecular flexibility index (Phi) is 7.09. The third kappa shape index (κ3) is 5.51. The molecule has 1 N–H and O–H groups in total. The summed E-state index contributed by atoms with van der Waals surface area (Å²) in [6, 6.07) is 3.81. The van der Waals surface area contributed by atoms with Gasteiger partial charge in [0.2, 0.25) is 5.88 Å². The molecule has 0 radical (unpaired) electrons. The van der Waals surface area contributed by atoms with Crippen LogP contribution in [0.4, 0.5) is 5.69 Å². The average Bonchev–Trinajstić information content (AvgIpc) is 2.36. The molecule has 0 aliphatic carbocycles. The molecule has 5 nitrogen and oxygen atoms in total. The maximum absolute atomic E-state index is 5.40. The van der Waals surface area contributed by atoms with Crippen molar-refractivity contribution in [3.8, 4) is 5.88 Å². The lowest BCUT2D eigenvalue weighted by Crippen LogP contribution is -2.13. The molecular formula is C12H20N2O3. The van der Waals surface area contributed by atoms with Gasteiger partial charge in [0.1, 0.15) is 0 Å². The number of rotatable bonds is 9. The van der Waals surface area contributed by atoms with E-state index in [2.05, 4.69) is 10.3 Å². The van der Waals surface area contributed by atoms with Crippen molar-refractivity contribution >= 4 is 5.69 Å². The van der Waals surface area contributed by atoms with Gasteiger partial charge in [0, 0.05) is 19.9 Å². The van der Waals surface area contributed by atoms with Crippen molar-refractivity contribution in [2.24, 2.45) is 0 Å². The van der Waals surface area contributed by atoms with Crippen molar-refractivity contribution in [2.45, 2.75) is 6.92 Å². The molecule has 5 heteroatoms. The van der Waals surface area contributed by atoms with Crippen LogP contribution in [0, 0.1) is 0 Å². The summed E-state index contributed by atoms with van der Waals surface area (Å²) in [5.41, 5.74) is 0.893. The molecule has 17 heavy (non-hydrogen) atoms. The monoisotopic (exact) mass is 240 g/mol. The van der Waals surface area contributed by atoms with Crippen molar-refractivity contribution in [1.29, 1.82) is 0 Å². The molecule has 0 spiro atoms. The molecule has 0 unspecified atom stereocenters. The fourth-order valence-corrected chi connectivity index (χ4v) is 1.28. The highest BCUT2D eigenvalue weighted by Gasteiger charge is 2.02. The highest BCUT2D eigenvalue weighted by atomic mass is 16.5. The minimum absolute atomic E-state index is 0.607. The summed E-state index contributed by atoms with van der Waals surface area (Å²) in [7, 11) is 1.66. The molecule has 1 aromatic heterocycles. The minimum Gasteiger partial charge on any atom is -0.476 e. The van der Waals surface area contributed by atoms with Crippen LogP contribution in [0.15, 0.2) is 18.3 Å². The van der Waals surface area contributed by atoms with Crippen molar-refractivity contribution in [2.75, 3.05) is 45.4 Å². The lowest BCUT2D eigenvalue weighted by molar-refractivity contribution is 0.0759. The summed E-state index contributed by atoms with van der Waals surface area (Å²) in [6.07, 6.45) is 1.71. The quantitative estimate of drug-likeness (QED) is 0.664. The van der Waals surface area contributed by atoms with E-state index in [4.69, 9.17) is 14.2 Å². The lowest BCUT2D eigenvalue weighted by atomic mass is 10.4. The van der Waals surface area contributed by atoms with E-state index in [0.717, 1.165) is 12.2 Å². The number of aromatic nitrogens is 1. The molecule has 0 bridgehead atoms. The van der Waals surface area contributed by atoms with Crippen LogP contribution >= 0.6 is 0 Å². The van der Waals surface area contributed by atoms with Gasteiger partial charge in [0.25, 0.3) is 0 Å². The number of hydrogen-bond acceptors (Lipinski definition) is 5. The largest absolute Gasteiger partial charge is 0.476 e. The highest BCUT2D eigenvalue weighted by molar-refractivity contribution is 5.51. The first-order valence-corrected chi connectivity index (χ1v) is 5.76. The molecule has 1 heterocycles. The SMILES string of the molecule is CCOc1ncccc1NCCOCCOC. The molecule has 0 amide bonds. The lowest BCUT2D eigenvalue weighted by Gasteiger charge is -2.10. The Morgan fingerprint density at radius 3 is 2.94 bits per heavy atom. The number of methoxy groups -OCH3 is 1. The predicted molar refractivity (Wildman–Crippen MR) is 66.6 cm³/mol. The van der Waals surface area contributed by atoms with Gasteiger partial charge in [-0.15, -0.1) is 0 Å². The highest BCUT2D eigenvalue weighted by Crippen LogP contribution is 2.19. The van der Waals surface area contributed by atoms with Gasteiger partial charge in [-0.05, 0) is 19.1 Å². The zero-order chi connectivity index (χ0) is 12.3.